The summed E-state index contributed by atoms with van der Waals surface area (Å²) in [5.74, 6) is -8.27. The molecule has 1 aromatic rings. The number of alkyl halides is 4. The number of likely N-dealkylation sites (tertiary alicyclic amines) is 1. The first-order valence-corrected chi connectivity index (χ1v) is 20.6. The molecule has 332 valence electrons. The average molecular weight is 865 g/mol. The van der Waals surface area contributed by atoms with E-state index in [-0.39, 0.29) is 30.4 Å². The first-order valence-electron chi connectivity index (χ1n) is 19.0. The van der Waals surface area contributed by atoms with Crippen LogP contribution in [0.25, 0.3) is 5.57 Å². The van der Waals surface area contributed by atoms with Gasteiger partial charge < -0.3 is 30.7 Å². The zero-order valence-electron chi connectivity index (χ0n) is 35.0. The minimum absolute atomic E-state index is 0.0537. The van der Waals surface area contributed by atoms with Crippen molar-refractivity contribution in [2.45, 2.75) is 131 Å². The molecule has 1 saturated heterocycles. The van der Waals surface area contributed by atoms with Crippen molar-refractivity contribution in [1.29, 1.82) is 0 Å². The van der Waals surface area contributed by atoms with Gasteiger partial charge in [-0.15, -0.1) is 0 Å². The van der Waals surface area contributed by atoms with Gasteiger partial charge in [0.15, 0.2) is 0 Å². The molecule has 1 aliphatic rings. The minimum Gasteiger partial charge on any atom is -0.438 e. The summed E-state index contributed by atoms with van der Waals surface area (Å²) in [7, 11) is -5.59. The Morgan fingerprint density at radius 2 is 1.46 bits per heavy atom. The monoisotopic (exact) mass is 864 g/mol. The Labute approximate surface area is 342 Å². The van der Waals surface area contributed by atoms with Crippen LogP contribution in [0.4, 0.5) is 17.6 Å². The van der Waals surface area contributed by atoms with Gasteiger partial charge in [0, 0.05) is 30.5 Å². The summed E-state index contributed by atoms with van der Waals surface area (Å²) in [6.07, 6.45) is 1.26. The lowest BCUT2D eigenvalue weighted by Gasteiger charge is -2.29. The topological polar surface area (TPSA) is 210 Å². The van der Waals surface area contributed by atoms with Gasteiger partial charge >= 0.3 is 25.2 Å². The van der Waals surface area contributed by atoms with Crippen molar-refractivity contribution in [2.24, 2.45) is 16.6 Å². The van der Waals surface area contributed by atoms with E-state index in [0.717, 1.165) is 23.1 Å². The van der Waals surface area contributed by atoms with Crippen molar-refractivity contribution in [3.05, 3.63) is 41.5 Å². The molecule has 1 aliphatic heterocycles. The number of esters is 2. The number of unbranched alkanes of at least 4 members (excludes halogenated alkanes) is 1. The van der Waals surface area contributed by atoms with Gasteiger partial charge in [-0.3, -0.25) is 42.4 Å². The fourth-order valence-electron chi connectivity index (χ4n) is 5.43. The lowest BCUT2D eigenvalue weighted by Crippen LogP contribution is -2.54. The van der Waals surface area contributed by atoms with E-state index in [0.29, 0.717) is 12.8 Å². The van der Waals surface area contributed by atoms with Crippen LogP contribution in [0.15, 0.2) is 30.3 Å². The van der Waals surface area contributed by atoms with Crippen LogP contribution < -0.4 is 16.4 Å². The second-order valence-corrected chi connectivity index (χ2v) is 18.5. The first kappa shape index (κ1) is 50.8. The summed E-state index contributed by atoms with van der Waals surface area (Å²) in [5, 5.41) is 5.06. The Balaban J connectivity index is 2.30. The normalized spacial score (nSPS) is 17.1. The van der Waals surface area contributed by atoms with Crippen molar-refractivity contribution >= 4 is 48.7 Å². The number of nitrogens with two attached hydrogens (primary N) is 1. The molecule has 0 saturated carbocycles. The van der Waals surface area contributed by atoms with E-state index < -0.39 is 116 Å². The zero-order chi connectivity index (χ0) is 45.1. The predicted molar refractivity (Wildman–Crippen MR) is 207 cm³/mol. The maximum Gasteiger partial charge on any atom is 0.410 e. The van der Waals surface area contributed by atoms with Gasteiger partial charge in [0.25, 0.3) is 5.92 Å². The number of nitrogens with zero attached hydrogens (tertiary/aromatic N) is 1. The Morgan fingerprint density at radius 3 is 1.93 bits per heavy atom. The highest BCUT2D eigenvalue weighted by atomic mass is 31.2. The Hall–Kier alpha value is -4.35. The van der Waals surface area contributed by atoms with E-state index in [1.165, 1.54) is 60.6 Å². The van der Waals surface area contributed by atoms with Crippen LogP contribution in [0.3, 0.4) is 0 Å². The molecule has 0 spiro atoms. The molecule has 1 aromatic carbocycles. The van der Waals surface area contributed by atoms with Gasteiger partial charge in [-0.05, 0) is 79.4 Å². The van der Waals surface area contributed by atoms with Gasteiger partial charge in [0.1, 0.15) is 12.1 Å². The largest absolute Gasteiger partial charge is 0.438 e. The number of primary amides is 1. The van der Waals surface area contributed by atoms with Gasteiger partial charge in [-0.1, -0.05) is 44.0 Å². The smallest absolute Gasteiger partial charge is 0.410 e. The van der Waals surface area contributed by atoms with Gasteiger partial charge in [0.05, 0.1) is 17.4 Å². The number of hydrogen-bond acceptors (Lipinski definition) is 11. The number of carbonyl (C=O) groups excluding carboxylic acids is 6. The molecule has 15 nitrogen and oxygen atoms in total. The van der Waals surface area contributed by atoms with E-state index in [2.05, 4.69) is 10.6 Å². The number of carbonyl (C=O) groups is 6. The fraction of sp³-hybridized carbons (Fsp3) is 0.641. The number of nitrogens with one attached hydrogen (secondary N) is 2. The molecule has 1 heterocycles. The van der Waals surface area contributed by atoms with E-state index in [1.54, 1.807) is 6.92 Å². The van der Waals surface area contributed by atoms with Crippen LogP contribution in [0.5, 0.6) is 0 Å². The molecule has 2 rings (SSSR count). The third-order valence-electron chi connectivity index (χ3n) is 8.96. The third kappa shape index (κ3) is 15.0. The van der Waals surface area contributed by atoms with Crippen molar-refractivity contribution < 1.29 is 69.4 Å². The van der Waals surface area contributed by atoms with E-state index >= 15 is 8.78 Å². The van der Waals surface area contributed by atoms with Crippen molar-refractivity contribution in [3.8, 4) is 0 Å². The fourth-order valence-corrected chi connectivity index (χ4v) is 6.68. The van der Waals surface area contributed by atoms with Gasteiger partial charge in [0.2, 0.25) is 37.2 Å². The highest BCUT2D eigenvalue weighted by molar-refractivity contribution is 7.54. The molecule has 20 heteroatoms. The number of ether oxygens (including phenoxy) is 2. The highest BCUT2D eigenvalue weighted by Crippen LogP contribution is 2.67. The third-order valence-corrected chi connectivity index (χ3v) is 10.8. The maximum atomic E-state index is 16.0. The molecule has 3 atom stereocenters. The van der Waals surface area contributed by atoms with Crippen LogP contribution in [0.1, 0.15) is 112 Å². The number of allylic oxidation sites excluding steroid dienone is 1. The molecule has 0 radical (unpaired) electrons. The van der Waals surface area contributed by atoms with Crippen LogP contribution in [-0.2, 0) is 57.5 Å². The van der Waals surface area contributed by atoms with Crippen molar-refractivity contribution in [1.82, 2.24) is 15.5 Å². The summed E-state index contributed by atoms with van der Waals surface area (Å²) in [6.45, 7) is 10.4. The second-order valence-electron chi connectivity index (χ2n) is 16.5. The van der Waals surface area contributed by atoms with Gasteiger partial charge in [-0.2, -0.15) is 8.78 Å². The standard InChI is InChI=1S/C39H57F4N4O11P/c1-10-11-12-28(33(51)47-21-38(40,41)20-29(47)32(50)45-25(3)13-18-30(44)48)46-31(49)19-24(2)26-14-16-27(17-15-26)39(42,43)59(54,57-22-55-34(52)36(4,5)6)58-23-56-35(53)37(7,8)9/h14-17,19,25,28-29H,10-13,18,20-23H2,1-9H3,(H2,44,48)(H,45,50)(H,46,49)/b24-19+/t25-,28+,29+/m1/s1. The number of rotatable bonds is 20. The minimum atomic E-state index is -5.59. The summed E-state index contributed by atoms with van der Waals surface area (Å²) < 4.78 is 94.4. The second kappa shape index (κ2) is 20.8. The summed E-state index contributed by atoms with van der Waals surface area (Å²) >= 11 is 0. The molecule has 1 fully saturated rings. The highest BCUT2D eigenvalue weighted by Gasteiger charge is 2.56. The van der Waals surface area contributed by atoms with Crippen LogP contribution in [0, 0.1) is 10.8 Å². The predicted octanol–water partition coefficient (Wildman–Crippen LogP) is 6.14. The van der Waals surface area contributed by atoms with E-state index in [1.807, 2.05) is 6.92 Å². The SMILES string of the molecule is CCCC[C@H](NC(=O)/C=C(\C)c1ccc(C(F)(F)P(=O)(OCOC(=O)C(C)(C)C)OCOC(=O)C(C)(C)C)cc1)C(=O)N1CC(F)(F)C[C@H]1C(=O)N[C@H](C)CCC(N)=O. The molecular formula is C39H57F4N4O11P. The lowest BCUT2D eigenvalue weighted by molar-refractivity contribution is -0.163. The summed E-state index contributed by atoms with van der Waals surface area (Å²) in [4.78, 5) is 76.2. The lowest BCUT2D eigenvalue weighted by atomic mass is 9.98. The quantitative estimate of drug-likeness (QED) is 0.0446. The molecule has 4 N–H and O–H groups in total. The molecule has 0 unspecified atom stereocenters. The van der Waals surface area contributed by atoms with Crippen LogP contribution >= 0.6 is 7.60 Å². The first-order chi connectivity index (χ1) is 27.0. The van der Waals surface area contributed by atoms with Crippen molar-refractivity contribution in [2.75, 3.05) is 20.1 Å². The van der Waals surface area contributed by atoms with Gasteiger partial charge in [-0.25, -0.2) is 8.78 Å². The molecule has 4 amide bonds. The zero-order valence-corrected chi connectivity index (χ0v) is 35.9. The molecule has 59 heavy (non-hydrogen) atoms. The molecule has 0 bridgehead atoms. The number of halogens is 4. The maximum absolute atomic E-state index is 16.0. The molecule has 0 aromatic heterocycles. The Bertz CT molecular complexity index is 1730. The number of benzene rings is 1. The van der Waals surface area contributed by atoms with E-state index in [9.17, 15) is 42.1 Å². The Morgan fingerprint density at radius 1 is 0.932 bits per heavy atom. The summed E-state index contributed by atoms with van der Waals surface area (Å²) in [6, 6.07) is 0.652. The number of amides is 4. The molecular weight excluding hydrogens is 807 g/mol. The van der Waals surface area contributed by atoms with Crippen LogP contribution in [0.2, 0.25) is 0 Å². The Kier molecular flexibility index (Phi) is 17.9. The molecule has 0 aliphatic carbocycles. The van der Waals surface area contributed by atoms with Crippen LogP contribution in [-0.4, -0.2) is 84.6 Å². The van der Waals surface area contributed by atoms with Crippen molar-refractivity contribution in [3.63, 3.8) is 0 Å². The average Bonchev–Trinajstić information content (AvgIpc) is 3.46. The van der Waals surface area contributed by atoms with E-state index in [4.69, 9.17) is 24.3 Å². The number of hydrogen-bond donors (Lipinski definition) is 3. The summed E-state index contributed by atoms with van der Waals surface area (Å²) in [5.41, 5.74) is -1.77.